The third-order valence-corrected chi connectivity index (χ3v) is 7.80. The molecule has 2 aromatic carbocycles. The van der Waals surface area contributed by atoms with Crippen molar-refractivity contribution in [3.63, 3.8) is 0 Å². The summed E-state index contributed by atoms with van der Waals surface area (Å²) >= 11 is 0. The molecule has 1 unspecified atom stereocenters. The fourth-order valence-corrected chi connectivity index (χ4v) is 5.21. The number of rotatable bonds is 6. The lowest BCUT2D eigenvalue weighted by atomic mass is 9.76. The number of piperidine rings is 1. The number of hydrogen-bond donors (Lipinski definition) is 2. The van der Waals surface area contributed by atoms with Crippen molar-refractivity contribution in [2.75, 3.05) is 18.4 Å². The van der Waals surface area contributed by atoms with Crippen molar-refractivity contribution in [2.45, 2.75) is 36.5 Å². The zero-order chi connectivity index (χ0) is 27.6. The molecule has 0 saturated carbocycles. The lowest BCUT2D eigenvalue weighted by Gasteiger charge is -2.40. The number of halogens is 6. The molecule has 1 aliphatic heterocycles. The van der Waals surface area contributed by atoms with Gasteiger partial charge in [-0.15, -0.1) is 0 Å². The zero-order valence-electron chi connectivity index (χ0n) is 19.0. The predicted octanol–water partition coefficient (Wildman–Crippen LogP) is 4.05. The number of alkyl halides is 6. The smallest absolute Gasteiger partial charge is 0.379 e. The molecule has 7 nitrogen and oxygen atoms in total. The van der Waals surface area contributed by atoms with Gasteiger partial charge in [-0.3, -0.25) is 4.79 Å². The largest absolute Gasteiger partial charge is 0.511 e. The van der Waals surface area contributed by atoms with E-state index in [0.717, 1.165) is 12.1 Å². The Labute approximate surface area is 208 Å². The highest BCUT2D eigenvalue weighted by molar-refractivity contribution is 7.90. The monoisotopic (exact) mass is 549 g/mol. The second-order valence-electron chi connectivity index (χ2n) is 8.53. The molecule has 3 rings (SSSR count). The van der Waals surface area contributed by atoms with Gasteiger partial charge in [0.1, 0.15) is 5.60 Å². The first-order valence-electron chi connectivity index (χ1n) is 10.8. The van der Waals surface area contributed by atoms with E-state index in [1.165, 1.54) is 6.07 Å². The number of nitriles is 1. The first kappa shape index (κ1) is 28.4. The van der Waals surface area contributed by atoms with Crippen molar-refractivity contribution in [1.82, 2.24) is 4.31 Å². The van der Waals surface area contributed by atoms with E-state index in [1.54, 1.807) is 30.3 Å². The second kappa shape index (κ2) is 10.3. The Kier molecular flexibility index (Phi) is 7.92. The van der Waals surface area contributed by atoms with E-state index in [9.17, 15) is 44.7 Å². The van der Waals surface area contributed by atoms with Crippen LogP contribution in [0.25, 0.3) is 0 Å². The highest BCUT2D eigenvalue weighted by Crippen LogP contribution is 2.37. The van der Waals surface area contributed by atoms with Crippen LogP contribution in [0.3, 0.4) is 0 Å². The highest BCUT2D eigenvalue weighted by Gasteiger charge is 2.53. The molecular formula is C23H21F6N3O4S. The average molecular weight is 549 g/mol. The minimum atomic E-state index is -5.60. The molecule has 0 aliphatic carbocycles. The van der Waals surface area contributed by atoms with Gasteiger partial charge >= 0.3 is 21.7 Å². The van der Waals surface area contributed by atoms with Crippen LogP contribution in [0.5, 0.6) is 0 Å². The summed E-state index contributed by atoms with van der Waals surface area (Å²) < 4.78 is 103. The fourth-order valence-electron chi connectivity index (χ4n) is 4.23. The van der Waals surface area contributed by atoms with Gasteiger partial charge in [0.05, 0.1) is 17.2 Å². The van der Waals surface area contributed by atoms with E-state index in [-0.39, 0.29) is 29.3 Å². The molecule has 0 aromatic heterocycles. The summed E-state index contributed by atoms with van der Waals surface area (Å²) in [6.07, 6.45) is -5.86. The van der Waals surface area contributed by atoms with Crippen molar-refractivity contribution in [1.29, 1.82) is 5.26 Å². The van der Waals surface area contributed by atoms with Crippen LogP contribution in [0.2, 0.25) is 0 Å². The lowest BCUT2D eigenvalue weighted by molar-refractivity contribution is -0.142. The number of nitrogens with one attached hydrogen (secondary N) is 1. The predicted molar refractivity (Wildman–Crippen MR) is 119 cm³/mol. The van der Waals surface area contributed by atoms with Crippen LogP contribution in [0.1, 0.15) is 29.5 Å². The van der Waals surface area contributed by atoms with Gasteiger partial charge in [0, 0.05) is 25.2 Å². The van der Waals surface area contributed by atoms with Crippen molar-refractivity contribution in [3.8, 4) is 6.07 Å². The van der Waals surface area contributed by atoms with E-state index in [2.05, 4.69) is 5.32 Å². The Morgan fingerprint density at radius 2 is 1.65 bits per heavy atom. The maximum absolute atomic E-state index is 13.3. The topological polar surface area (TPSA) is 110 Å². The Morgan fingerprint density at radius 3 is 2.16 bits per heavy atom. The molecule has 200 valence electrons. The maximum atomic E-state index is 13.3. The molecule has 0 radical (unpaired) electrons. The molecule has 37 heavy (non-hydrogen) atoms. The molecular weight excluding hydrogens is 528 g/mol. The van der Waals surface area contributed by atoms with Crippen LogP contribution in [-0.2, 0) is 27.4 Å². The van der Waals surface area contributed by atoms with Crippen LogP contribution in [0.4, 0.5) is 32.0 Å². The van der Waals surface area contributed by atoms with Crippen molar-refractivity contribution in [3.05, 3.63) is 65.2 Å². The second-order valence-corrected chi connectivity index (χ2v) is 10.5. The van der Waals surface area contributed by atoms with Crippen LogP contribution in [0.15, 0.2) is 48.5 Å². The molecule has 0 bridgehead atoms. The van der Waals surface area contributed by atoms with Gasteiger partial charge in [-0.05, 0) is 42.5 Å². The van der Waals surface area contributed by atoms with Gasteiger partial charge in [0.25, 0.3) is 5.91 Å². The number of amides is 1. The molecule has 2 N–H and O–H groups in total. The van der Waals surface area contributed by atoms with Crippen molar-refractivity contribution < 1.29 is 44.7 Å². The molecule has 1 saturated heterocycles. The van der Waals surface area contributed by atoms with Crippen LogP contribution >= 0.6 is 0 Å². The normalized spacial score (nSPS) is 17.6. The first-order chi connectivity index (χ1) is 17.1. The number of aliphatic hydroxyl groups is 1. The molecule has 2 aromatic rings. The minimum absolute atomic E-state index is 0.223. The highest BCUT2D eigenvalue weighted by atomic mass is 32.2. The van der Waals surface area contributed by atoms with Gasteiger partial charge in [-0.1, -0.05) is 30.3 Å². The zero-order valence-corrected chi connectivity index (χ0v) is 19.8. The molecule has 1 amide bonds. The number of benzene rings is 2. The molecule has 1 atom stereocenters. The quantitative estimate of drug-likeness (QED) is 0.529. The summed E-state index contributed by atoms with van der Waals surface area (Å²) in [7, 11) is -5.60. The van der Waals surface area contributed by atoms with Crippen molar-refractivity contribution >= 4 is 21.6 Å². The Bertz CT molecular complexity index is 1280. The molecule has 14 heteroatoms. The Balaban J connectivity index is 1.91. The lowest BCUT2D eigenvalue weighted by Crippen LogP contribution is -2.55. The molecule has 1 fully saturated rings. The van der Waals surface area contributed by atoms with Crippen LogP contribution in [0, 0.1) is 17.2 Å². The number of carbonyl (C=O) groups excluding carboxylic acids is 1. The summed E-state index contributed by atoms with van der Waals surface area (Å²) in [4.78, 5) is 13.3. The Morgan fingerprint density at radius 1 is 1.05 bits per heavy atom. The van der Waals surface area contributed by atoms with Crippen LogP contribution < -0.4 is 5.32 Å². The summed E-state index contributed by atoms with van der Waals surface area (Å²) in [6, 6.07) is 11.9. The molecule has 1 aliphatic rings. The van der Waals surface area contributed by atoms with E-state index < -0.39 is 63.4 Å². The SMILES string of the molecule is N#Cc1ccc(NC(=O)C(O)(Cc2ccccc2)C2CCN(S(=O)(=O)C(F)(F)F)CC2)cc1C(F)(F)F. The van der Waals surface area contributed by atoms with Gasteiger partial charge in [-0.2, -0.15) is 35.9 Å². The van der Waals surface area contributed by atoms with Gasteiger partial charge in [0.15, 0.2) is 0 Å². The van der Waals surface area contributed by atoms with Gasteiger partial charge in [-0.25, -0.2) is 8.42 Å². The van der Waals surface area contributed by atoms with E-state index in [4.69, 9.17) is 5.26 Å². The molecule has 0 spiro atoms. The number of carbonyl (C=O) groups is 1. The molecule has 1 heterocycles. The van der Waals surface area contributed by atoms with Gasteiger partial charge in [0.2, 0.25) is 0 Å². The minimum Gasteiger partial charge on any atom is -0.379 e. The van der Waals surface area contributed by atoms with E-state index in [1.807, 2.05) is 0 Å². The summed E-state index contributed by atoms with van der Waals surface area (Å²) in [5, 5.41) is 22.7. The third kappa shape index (κ3) is 6.06. The number of sulfonamides is 1. The summed E-state index contributed by atoms with van der Waals surface area (Å²) in [5.74, 6) is -2.14. The summed E-state index contributed by atoms with van der Waals surface area (Å²) in [6.45, 7) is -1.24. The van der Waals surface area contributed by atoms with Gasteiger partial charge < -0.3 is 10.4 Å². The Hall–Kier alpha value is -3.15. The third-order valence-electron chi connectivity index (χ3n) is 6.17. The van der Waals surface area contributed by atoms with E-state index in [0.29, 0.717) is 11.6 Å². The van der Waals surface area contributed by atoms with Crippen molar-refractivity contribution in [2.24, 2.45) is 5.92 Å². The summed E-state index contributed by atoms with van der Waals surface area (Å²) in [5.41, 5.74) is -9.69. The van der Waals surface area contributed by atoms with Crippen LogP contribution in [-0.4, -0.2) is 47.9 Å². The number of hydrogen-bond acceptors (Lipinski definition) is 5. The number of anilines is 1. The fraction of sp³-hybridized carbons (Fsp3) is 0.391. The average Bonchev–Trinajstić information content (AvgIpc) is 2.83. The van der Waals surface area contributed by atoms with E-state index >= 15 is 0 Å². The number of nitrogens with zero attached hydrogens (tertiary/aromatic N) is 2. The first-order valence-corrected chi connectivity index (χ1v) is 12.3. The standard InChI is InChI=1S/C23H21F6N3O4S/c24-22(25,26)19-12-18(7-6-16(19)14-30)31-20(33)21(34,13-15-4-2-1-3-5-15)17-8-10-32(11-9-17)37(35,36)23(27,28)29/h1-7,12,17,34H,8-11,13H2,(H,31,33). The maximum Gasteiger partial charge on any atom is 0.511 e.